The van der Waals surface area contributed by atoms with Gasteiger partial charge >= 0.3 is 0 Å². The number of carbonyl (C=O) groups is 2. The Hall–Kier alpha value is -3.60. The Balaban J connectivity index is 1.73. The molecule has 1 unspecified atom stereocenters. The monoisotopic (exact) mass is 469 g/mol. The van der Waals surface area contributed by atoms with Crippen LogP contribution >= 0.6 is 0 Å². The van der Waals surface area contributed by atoms with E-state index in [9.17, 15) is 9.59 Å². The maximum atomic E-state index is 13.6. The van der Waals surface area contributed by atoms with E-state index in [0.717, 1.165) is 39.4 Å². The fourth-order valence-corrected chi connectivity index (χ4v) is 4.88. The average molecular weight is 470 g/mol. The number of nitrogens with zero attached hydrogens (tertiary/aromatic N) is 2. The van der Waals surface area contributed by atoms with Gasteiger partial charge in [0.05, 0.1) is 17.8 Å². The van der Waals surface area contributed by atoms with Gasteiger partial charge in [-0.1, -0.05) is 70.2 Å². The summed E-state index contributed by atoms with van der Waals surface area (Å²) in [5.41, 5.74) is 6.86. The number of likely N-dealkylation sites (N-methyl/N-ethyl adjacent to an activating group) is 1. The van der Waals surface area contributed by atoms with Gasteiger partial charge in [-0.3, -0.25) is 9.59 Å². The minimum Gasteiger partial charge on any atom is -0.327 e. The number of rotatable bonds is 6. The number of para-hydroxylation sites is 2. The van der Waals surface area contributed by atoms with Crippen LogP contribution < -0.4 is 15.1 Å². The molecule has 0 radical (unpaired) electrons. The van der Waals surface area contributed by atoms with Crippen LogP contribution in [0.3, 0.4) is 0 Å². The zero-order valence-corrected chi connectivity index (χ0v) is 21.5. The molecule has 1 aliphatic heterocycles. The highest BCUT2D eigenvalue weighted by atomic mass is 16.2. The summed E-state index contributed by atoms with van der Waals surface area (Å²) in [5, 5.41) is 3.20. The number of hydrogen-bond acceptors (Lipinski definition) is 3. The number of amides is 2. The van der Waals surface area contributed by atoms with Crippen molar-refractivity contribution in [3.63, 3.8) is 0 Å². The van der Waals surface area contributed by atoms with Gasteiger partial charge in [-0.25, -0.2) is 0 Å². The summed E-state index contributed by atoms with van der Waals surface area (Å²) in [5.74, 6) is 0.273. The van der Waals surface area contributed by atoms with Crippen LogP contribution in [-0.4, -0.2) is 24.9 Å². The fraction of sp³-hybridized carbons (Fsp3) is 0.333. The Kier molecular flexibility index (Phi) is 6.97. The summed E-state index contributed by atoms with van der Waals surface area (Å²) in [4.78, 5) is 30.8. The van der Waals surface area contributed by atoms with Crippen molar-refractivity contribution >= 4 is 34.6 Å². The second-order valence-corrected chi connectivity index (χ2v) is 9.98. The first-order valence-corrected chi connectivity index (χ1v) is 12.3. The van der Waals surface area contributed by atoms with Gasteiger partial charge in [-0.2, -0.15) is 0 Å². The van der Waals surface area contributed by atoms with E-state index in [0.29, 0.717) is 0 Å². The van der Waals surface area contributed by atoms with E-state index < -0.39 is 6.04 Å². The number of carbonyl (C=O) groups excluding carboxylic acids is 2. The SMILES string of the molecule is Cc1ccc2c(c1)N(c1ccccc1)C(CC(=O)Nc1c(C(C)C)cccc1C(C)C)C(=O)N2C. The summed E-state index contributed by atoms with van der Waals surface area (Å²) in [6.07, 6.45) is 0.0510. The Labute approximate surface area is 208 Å². The minimum absolute atomic E-state index is 0.0510. The molecule has 5 nitrogen and oxygen atoms in total. The van der Waals surface area contributed by atoms with E-state index in [1.807, 2.05) is 54.3 Å². The zero-order valence-electron chi connectivity index (χ0n) is 21.5. The van der Waals surface area contributed by atoms with Crippen molar-refractivity contribution in [2.75, 3.05) is 22.2 Å². The van der Waals surface area contributed by atoms with Gasteiger partial charge in [0.15, 0.2) is 0 Å². The number of nitrogens with one attached hydrogen (secondary N) is 1. The van der Waals surface area contributed by atoms with Gasteiger partial charge in [0.25, 0.3) is 0 Å². The van der Waals surface area contributed by atoms with E-state index in [1.165, 1.54) is 0 Å². The maximum absolute atomic E-state index is 13.6. The second-order valence-electron chi connectivity index (χ2n) is 9.98. The van der Waals surface area contributed by atoms with Crippen LogP contribution in [0.4, 0.5) is 22.7 Å². The molecule has 182 valence electrons. The summed E-state index contributed by atoms with van der Waals surface area (Å²) in [6.45, 7) is 10.6. The molecule has 0 aromatic heterocycles. The van der Waals surface area contributed by atoms with Gasteiger partial charge in [0.1, 0.15) is 6.04 Å². The summed E-state index contributed by atoms with van der Waals surface area (Å²) >= 11 is 0. The molecule has 4 rings (SSSR count). The molecule has 1 atom stereocenters. The van der Waals surface area contributed by atoms with Crippen molar-refractivity contribution in [2.24, 2.45) is 0 Å². The van der Waals surface area contributed by atoms with Crippen LogP contribution in [0.5, 0.6) is 0 Å². The van der Waals surface area contributed by atoms with E-state index in [4.69, 9.17) is 0 Å². The van der Waals surface area contributed by atoms with Crippen molar-refractivity contribution in [3.8, 4) is 0 Å². The van der Waals surface area contributed by atoms with Crippen molar-refractivity contribution < 1.29 is 9.59 Å². The lowest BCUT2D eigenvalue weighted by molar-refractivity contribution is -0.123. The number of hydrogen-bond donors (Lipinski definition) is 1. The Bertz CT molecular complexity index is 1210. The van der Waals surface area contributed by atoms with Gasteiger partial charge < -0.3 is 15.1 Å². The molecule has 0 aliphatic carbocycles. The third kappa shape index (κ3) is 4.81. The molecule has 0 fully saturated rings. The molecule has 1 aliphatic rings. The number of anilines is 4. The Morgan fingerprint density at radius 1 is 0.886 bits per heavy atom. The molecule has 3 aromatic rings. The molecular formula is C30H35N3O2. The predicted molar refractivity (Wildman–Crippen MR) is 145 cm³/mol. The summed E-state index contributed by atoms with van der Waals surface area (Å²) in [7, 11) is 1.79. The summed E-state index contributed by atoms with van der Waals surface area (Å²) < 4.78 is 0. The third-order valence-corrected chi connectivity index (χ3v) is 6.73. The number of aryl methyl sites for hydroxylation is 1. The van der Waals surface area contributed by atoms with Crippen molar-refractivity contribution in [2.45, 2.75) is 58.9 Å². The summed E-state index contributed by atoms with van der Waals surface area (Å²) in [6, 6.07) is 21.5. The molecule has 35 heavy (non-hydrogen) atoms. The van der Waals surface area contributed by atoms with Gasteiger partial charge in [-0.15, -0.1) is 0 Å². The van der Waals surface area contributed by atoms with Gasteiger partial charge in [-0.05, 0) is 59.7 Å². The molecule has 0 saturated carbocycles. The van der Waals surface area contributed by atoms with Crippen LogP contribution in [0.1, 0.15) is 62.6 Å². The van der Waals surface area contributed by atoms with E-state index >= 15 is 0 Å². The van der Waals surface area contributed by atoms with Crippen LogP contribution in [0.25, 0.3) is 0 Å². The molecule has 1 heterocycles. The minimum atomic E-state index is -0.648. The van der Waals surface area contributed by atoms with E-state index in [2.05, 4.69) is 57.3 Å². The smallest absolute Gasteiger partial charge is 0.250 e. The normalized spacial score (nSPS) is 15.5. The lowest BCUT2D eigenvalue weighted by Crippen LogP contribution is -2.51. The van der Waals surface area contributed by atoms with Crippen molar-refractivity contribution in [1.29, 1.82) is 0 Å². The lowest BCUT2D eigenvalue weighted by atomic mass is 9.92. The fourth-order valence-electron chi connectivity index (χ4n) is 4.88. The van der Waals surface area contributed by atoms with Crippen LogP contribution in [0, 0.1) is 6.92 Å². The molecule has 1 N–H and O–H groups in total. The van der Waals surface area contributed by atoms with Gasteiger partial charge in [0, 0.05) is 18.4 Å². The van der Waals surface area contributed by atoms with Gasteiger partial charge in [0.2, 0.25) is 11.8 Å². The second kappa shape index (κ2) is 9.95. The topological polar surface area (TPSA) is 52.7 Å². The first-order chi connectivity index (χ1) is 16.7. The first-order valence-electron chi connectivity index (χ1n) is 12.3. The highest BCUT2D eigenvalue weighted by Crippen LogP contribution is 2.42. The Morgan fingerprint density at radius 3 is 2.11 bits per heavy atom. The average Bonchev–Trinajstić information content (AvgIpc) is 2.82. The highest BCUT2D eigenvalue weighted by molar-refractivity contribution is 6.09. The first kappa shape index (κ1) is 24.5. The molecule has 0 spiro atoms. The lowest BCUT2D eigenvalue weighted by Gasteiger charge is -2.41. The van der Waals surface area contributed by atoms with E-state index in [-0.39, 0.29) is 30.1 Å². The zero-order chi connectivity index (χ0) is 25.3. The van der Waals surface area contributed by atoms with Crippen LogP contribution in [0.15, 0.2) is 66.7 Å². The standard InChI is InChI=1S/C30H35N3O2/c1-19(2)23-13-10-14-24(20(3)4)29(23)31-28(34)18-27-30(35)32(6)25-16-15-21(5)17-26(25)33(27)22-11-8-7-9-12-22/h7-17,19-20,27H,18H2,1-6H3,(H,31,34). The van der Waals surface area contributed by atoms with E-state index in [1.54, 1.807) is 11.9 Å². The highest BCUT2D eigenvalue weighted by Gasteiger charge is 2.39. The maximum Gasteiger partial charge on any atom is 0.250 e. The Morgan fingerprint density at radius 2 is 1.51 bits per heavy atom. The molecule has 5 heteroatoms. The van der Waals surface area contributed by atoms with Crippen molar-refractivity contribution in [3.05, 3.63) is 83.4 Å². The van der Waals surface area contributed by atoms with Crippen LogP contribution in [0.2, 0.25) is 0 Å². The third-order valence-electron chi connectivity index (χ3n) is 6.73. The molecule has 3 aromatic carbocycles. The number of fused-ring (bicyclic) bond motifs is 1. The largest absolute Gasteiger partial charge is 0.327 e. The molecule has 0 saturated heterocycles. The van der Waals surface area contributed by atoms with Crippen molar-refractivity contribution in [1.82, 2.24) is 0 Å². The molecule has 0 bridgehead atoms. The molecule has 2 amide bonds. The predicted octanol–water partition coefficient (Wildman–Crippen LogP) is 6.75. The number of benzene rings is 3. The quantitative estimate of drug-likeness (QED) is 0.434. The van der Waals surface area contributed by atoms with Crippen LogP contribution in [-0.2, 0) is 9.59 Å². The molecular weight excluding hydrogens is 434 g/mol.